The van der Waals surface area contributed by atoms with E-state index in [1.807, 2.05) is 6.92 Å². The van der Waals surface area contributed by atoms with Gasteiger partial charge in [-0.1, -0.05) is 18.9 Å². The maximum absolute atomic E-state index is 12.5. The highest BCUT2D eigenvalue weighted by atomic mass is 16.5. The fourth-order valence-corrected chi connectivity index (χ4v) is 4.57. The predicted octanol–water partition coefficient (Wildman–Crippen LogP) is 2.36. The summed E-state index contributed by atoms with van der Waals surface area (Å²) in [6.45, 7) is 2.46. The molecule has 0 spiro atoms. The first-order valence-corrected chi connectivity index (χ1v) is 10.7. The number of carbonyl (C=O) groups is 2. The molecule has 1 aromatic rings. The number of aromatic nitrogens is 2. The molecule has 1 saturated carbocycles. The molecule has 2 heterocycles. The average molecular weight is 428 g/mol. The Morgan fingerprint density at radius 1 is 1.35 bits per heavy atom. The molecule has 1 aromatic heterocycles. The van der Waals surface area contributed by atoms with Gasteiger partial charge >= 0.3 is 5.97 Å². The van der Waals surface area contributed by atoms with Crippen molar-refractivity contribution in [2.24, 2.45) is 0 Å². The Balaban J connectivity index is 1.66. The Bertz CT molecular complexity index is 940. The van der Waals surface area contributed by atoms with Crippen LogP contribution in [0, 0.1) is 0 Å². The summed E-state index contributed by atoms with van der Waals surface area (Å²) < 4.78 is 5.64. The second-order valence-electron chi connectivity index (χ2n) is 8.51. The first kappa shape index (κ1) is 21.3. The monoisotopic (exact) mass is 427 g/mol. The largest absolute Gasteiger partial charge is 0.478 e. The zero-order chi connectivity index (χ0) is 22.2. The molecule has 4 rings (SSSR count). The third-order valence-corrected chi connectivity index (χ3v) is 6.59. The summed E-state index contributed by atoms with van der Waals surface area (Å²) in [5, 5.41) is 12.6. The van der Waals surface area contributed by atoms with Crippen LogP contribution >= 0.6 is 0 Å². The molecule has 2 unspecified atom stereocenters. The molecule has 9 nitrogen and oxygen atoms in total. The lowest BCUT2D eigenvalue weighted by atomic mass is 9.88. The summed E-state index contributed by atoms with van der Waals surface area (Å²) in [6.07, 6.45) is 11.6. The van der Waals surface area contributed by atoms with E-state index in [2.05, 4.69) is 15.2 Å². The van der Waals surface area contributed by atoms with Crippen LogP contribution in [-0.4, -0.2) is 65.3 Å². The molecule has 0 bridgehead atoms. The van der Waals surface area contributed by atoms with Gasteiger partial charge in [-0.25, -0.2) is 9.78 Å². The van der Waals surface area contributed by atoms with Gasteiger partial charge in [0.05, 0.1) is 17.8 Å². The molecule has 0 saturated heterocycles. The van der Waals surface area contributed by atoms with E-state index < -0.39 is 11.6 Å². The number of carboxylic acid groups (broad SMARTS) is 1. The van der Waals surface area contributed by atoms with E-state index in [0.717, 1.165) is 18.7 Å². The Morgan fingerprint density at radius 2 is 2.10 bits per heavy atom. The van der Waals surface area contributed by atoms with Crippen molar-refractivity contribution >= 4 is 29.3 Å². The fraction of sp³-hybridized carbons (Fsp3) is 0.545. The normalized spacial score (nSPS) is 26.5. The van der Waals surface area contributed by atoms with Gasteiger partial charge in [0, 0.05) is 33.2 Å². The summed E-state index contributed by atoms with van der Waals surface area (Å²) in [7, 11) is 3.31. The van der Waals surface area contributed by atoms with Crippen molar-refractivity contribution < 1.29 is 19.4 Å². The molecule has 166 valence electrons. The summed E-state index contributed by atoms with van der Waals surface area (Å²) in [6, 6.07) is 0.0180. The van der Waals surface area contributed by atoms with E-state index in [4.69, 9.17) is 9.72 Å². The summed E-state index contributed by atoms with van der Waals surface area (Å²) in [5.74, 6) is 0.228. The highest BCUT2D eigenvalue weighted by Gasteiger charge is 2.36. The summed E-state index contributed by atoms with van der Waals surface area (Å²) in [5.41, 5.74) is 0.00997. The van der Waals surface area contributed by atoms with Gasteiger partial charge in [0.25, 0.3) is 0 Å². The number of ether oxygens (including phenoxy) is 1. The minimum absolute atomic E-state index is 0.0552. The smallest absolute Gasteiger partial charge is 0.335 e. The van der Waals surface area contributed by atoms with Crippen molar-refractivity contribution in [1.29, 1.82) is 0 Å². The minimum Gasteiger partial charge on any atom is -0.478 e. The van der Waals surface area contributed by atoms with E-state index >= 15 is 0 Å². The van der Waals surface area contributed by atoms with Gasteiger partial charge in [-0.15, -0.1) is 0 Å². The zero-order valence-corrected chi connectivity index (χ0v) is 18.2. The van der Waals surface area contributed by atoms with Gasteiger partial charge in [-0.2, -0.15) is 4.98 Å². The van der Waals surface area contributed by atoms with Crippen molar-refractivity contribution in [2.75, 3.05) is 35.8 Å². The van der Waals surface area contributed by atoms with E-state index in [1.54, 1.807) is 43.5 Å². The molecular weight excluding hydrogens is 398 g/mol. The van der Waals surface area contributed by atoms with E-state index in [9.17, 15) is 14.7 Å². The van der Waals surface area contributed by atoms with E-state index in [1.165, 1.54) is 12.8 Å². The second-order valence-corrected chi connectivity index (χ2v) is 8.51. The molecule has 9 heteroatoms. The Labute approximate surface area is 181 Å². The van der Waals surface area contributed by atoms with Gasteiger partial charge in [0.15, 0.2) is 5.82 Å². The Hall–Kier alpha value is -2.94. The minimum atomic E-state index is -1.00. The first-order chi connectivity index (χ1) is 14.8. The molecule has 0 radical (unpaired) electrons. The number of amides is 1. The third-order valence-electron chi connectivity index (χ3n) is 6.59. The van der Waals surface area contributed by atoms with Crippen LogP contribution in [-0.2, 0) is 14.3 Å². The number of carbonyl (C=O) groups excluding carboxylic acids is 1. The fourth-order valence-electron chi connectivity index (χ4n) is 4.57. The van der Waals surface area contributed by atoms with Crippen molar-refractivity contribution in [3.8, 4) is 0 Å². The number of fused-ring (bicyclic) bond motifs is 1. The maximum atomic E-state index is 12.5. The topological polar surface area (TPSA) is 108 Å². The van der Waals surface area contributed by atoms with Crippen LogP contribution in [0.4, 0.5) is 17.5 Å². The lowest BCUT2D eigenvalue weighted by Gasteiger charge is -2.35. The third kappa shape index (κ3) is 4.01. The molecule has 31 heavy (non-hydrogen) atoms. The molecule has 2 aliphatic carbocycles. The van der Waals surface area contributed by atoms with E-state index in [-0.39, 0.29) is 17.5 Å². The SMILES string of the molecule is COC1(C)C=C(C(=O)O)C=CC1Nc1ncc2c(n1)N(C1CCCC1)CCC(=O)N2C. The number of carboxylic acids is 1. The first-order valence-electron chi connectivity index (χ1n) is 10.7. The van der Waals surface area contributed by atoms with Crippen molar-refractivity contribution in [3.63, 3.8) is 0 Å². The van der Waals surface area contributed by atoms with Crippen LogP contribution in [0.15, 0.2) is 30.0 Å². The highest BCUT2D eigenvalue weighted by Crippen LogP contribution is 2.36. The van der Waals surface area contributed by atoms with Crippen LogP contribution in [0.5, 0.6) is 0 Å². The molecule has 1 fully saturated rings. The number of nitrogens with one attached hydrogen (secondary N) is 1. The highest BCUT2D eigenvalue weighted by molar-refractivity contribution is 5.97. The Kier molecular flexibility index (Phi) is 5.70. The molecule has 0 aromatic carbocycles. The van der Waals surface area contributed by atoms with Crippen molar-refractivity contribution in [1.82, 2.24) is 9.97 Å². The van der Waals surface area contributed by atoms with Crippen LogP contribution in [0.1, 0.15) is 39.0 Å². The Morgan fingerprint density at radius 3 is 2.77 bits per heavy atom. The zero-order valence-electron chi connectivity index (χ0n) is 18.2. The number of methoxy groups -OCH3 is 1. The number of anilines is 3. The quantitative estimate of drug-likeness (QED) is 0.737. The number of hydrogen-bond donors (Lipinski definition) is 2. The predicted molar refractivity (Wildman–Crippen MR) is 117 cm³/mol. The number of aliphatic carboxylic acids is 1. The van der Waals surface area contributed by atoms with Crippen LogP contribution < -0.4 is 15.1 Å². The summed E-state index contributed by atoms with van der Waals surface area (Å²) >= 11 is 0. The van der Waals surface area contributed by atoms with Crippen molar-refractivity contribution in [3.05, 3.63) is 30.0 Å². The number of rotatable bonds is 5. The van der Waals surface area contributed by atoms with Gasteiger partial charge in [0.1, 0.15) is 11.3 Å². The molecule has 2 N–H and O–H groups in total. The molecule has 1 aliphatic heterocycles. The standard InChI is InChI=1S/C22H29N5O4/c1-22(31-3)12-14(20(29)30)8-9-17(22)24-21-23-13-16-19(25-21)27(15-6-4-5-7-15)11-10-18(28)26(16)2/h8-9,12-13,15,17H,4-7,10-11H2,1-3H3,(H,29,30)(H,23,24,25). The second kappa shape index (κ2) is 8.30. The van der Waals surface area contributed by atoms with Gasteiger partial charge in [-0.3, -0.25) is 4.79 Å². The van der Waals surface area contributed by atoms with Crippen LogP contribution in [0.25, 0.3) is 0 Å². The van der Waals surface area contributed by atoms with Crippen molar-refractivity contribution in [2.45, 2.75) is 56.7 Å². The lowest BCUT2D eigenvalue weighted by molar-refractivity contribution is -0.132. The number of nitrogens with zero attached hydrogens (tertiary/aromatic N) is 4. The lowest BCUT2D eigenvalue weighted by Crippen LogP contribution is -2.45. The number of hydrogen-bond acceptors (Lipinski definition) is 7. The maximum Gasteiger partial charge on any atom is 0.335 e. The van der Waals surface area contributed by atoms with Crippen LogP contribution in [0.3, 0.4) is 0 Å². The van der Waals surface area contributed by atoms with E-state index in [0.29, 0.717) is 30.6 Å². The van der Waals surface area contributed by atoms with Gasteiger partial charge < -0.3 is 25.0 Å². The van der Waals surface area contributed by atoms with Crippen LogP contribution in [0.2, 0.25) is 0 Å². The summed E-state index contributed by atoms with van der Waals surface area (Å²) in [4.78, 5) is 37.0. The molecule has 2 atom stereocenters. The molecule has 1 amide bonds. The molecular formula is C22H29N5O4. The average Bonchev–Trinajstić information content (AvgIpc) is 3.25. The van der Waals surface area contributed by atoms with Gasteiger partial charge in [-0.05, 0) is 31.9 Å². The molecule has 3 aliphatic rings. The van der Waals surface area contributed by atoms with Gasteiger partial charge in [0.2, 0.25) is 11.9 Å².